The molecule has 1 aromatic carbocycles. The van der Waals surface area contributed by atoms with Crippen LogP contribution in [-0.4, -0.2) is 24.5 Å². The predicted molar refractivity (Wildman–Crippen MR) is 91.3 cm³/mol. The third-order valence-electron chi connectivity index (χ3n) is 5.37. The number of aryl methyl sites for hydroxylation is 1. The van der Waals surface area contributed by atoms with Crippen LogP contribution in [0.3, 0.4) is 0 Å². The first-order chi connectivity index (χ1) is 10.2. The molecule has 1 fully saturated rings. The highest BCUT2D eigenvalue weighted by molar-refractivity contribution is 5.22. The van der Waals surface area contributed by atoms with E-state index in [2.05, 4.69) is 50.1 Å². The Morgan fingerprint density at radius 1 is 1.10 bits per heavy atom. The molecule has 1 aliphatic rings. The number of rotatable bonds is 6. The van der Waals surface area contributed by atoms with Gasteiger partial charge in [0, 0.05) is 12.6 Å². The molecule has 0 aromatic heterocycles. The Hall–Kier alpha value is -0.860. The Bertz CT molecular complexity index is 412. The summed E-state index contributed by atoms with van der Waals surface area (Å²) in [7, 11) is 2.28. The zero-order valence-corrected chi connectivity index (χ0v) is 14.0. The Labute approximate surface area is 130 Å². The molecule has 1 aromatic rings. The van der Waals surface area contributed by atoms with Gasteiger partial charge in [0.1, 0.15) is 0 Å². The smallest absolute Gasteiger partial charge is 0.0233 e. The molecule has 2 N–H and O–H groups in total. The van der Waals surface area contributed by atoms with E-state index in [1.54, 1.807) is 0 Å². The molecule has 2 nitrogen and oxygen atoms in total. The van der Waals surface area contributed by atoms with E-state index in [1.165, 1.54) is 36.8 Å². The third-order valence-corrected chi connectivity index (χ3v) is 5.37. The van der Waals surface area contributed by atoms with Crippen LogP contribution in [0, 0.1) is 11.8 Å². The third kappa shape index (κ3) is 4.31. The van der Waals surface area contributed by atoms with Crippen LogP contribution in [0.5, 0.6) is 0 Å². The molecule has 0 bridgehead atoms. The number of benzene rings is 1. The van der Waals surface area contributed by atoms with Crippen LogP contribution in [0.2, 0.25) is 0 Å². The molecule has 21 heavy (non-hydrogen) atoms. The first-order valence-electron chi connectivity index (χ1n) is 8.66. The lowest BCUT2D eigenvalue weighted by atomic mass is 9.76. The monoisotopic (exact) mass is 288 g/mol. The first kappa shape index (κ1) is 16.5. The summed E-state index contributed by atoms with van der Waals surface area (Å²) in [6.45, 7) is 6.41. The van der Waals surface area contributed by atoms with Gasteiger partial charge in [-0.3, -0.25) is 4.90 Å². The van der Waals surface area contributed by atoms with Crippen LogP contribution < -0.4 is 5.73 Å². The number of hydrogen-bond acceptors (Lipinski definition) is 2. The second-order valence-corrected chi connectivity index (χ2v) is 6.74. The average molecular weight is 288 g/mol. The molecule has 0 radical (unpaired) electrons. The van der Waals surface area contributed by atoms with E-state index >= 15 is 0 Å². The van der Waals surface area contributed by atoms with Crippen LogP contribution in [0.15, 0.2) is 24.3 Å². The molecule has 118 valence electrons. The summed E-state index contributed by atoms with van der Waals surface area (Å²) in [6, 6.07) is 9.75. The Balaban J connectivity index is 2.00. The quantitative estimate of drug-likeness (QED) is 0.862. The van der Waals surface area contributed by atoms with Crippen molar-refractivity contribution in [3.8, 4) is 0 Å². The highest BCUT2D eigenvalue weighted by Crippen LogP contribution is 2.33. The number of nitrogens with zero attached hydrogens (tertiary/aromatic N) is 1. The van der Waals surface area contributed by atoms with Crippen LogP contribution in [0.4, 0.5) is 0 Å². The van der Waals surface area contributed by atoms with Gasteiger partial charge in [-0.05, 0) is 55.8 Å². The van der Waals surface area contributed by atoms with E-state index in [-0.39, 0.29) is 0 Å². The van der Waals surface area contributed by atoms with Gasteiger partial charge in [0.2, 0.25) is 0 Å². The molecule has 0 spiro atoms. The fourth-order valence-electron chi connectivity index (χ4n) is 3.77. The highest BCUT2D eigenvalue weighted by Gasteiger charge is 2.31. The van der Waals surface area contributed by atoms with E-state index in [1.807, 2.05) is 0 Å². The van der Waals surface area contributed by atoms with Gasteiger partial charge < -0.3 is 5.73 Å². The lowest BCUT2D eigenvalue weighted by Gasteiger charge is -2.41. The van der Waals surface area contributed by atoms with Gasteiger partial charge in [-0.25, -0.2) is 0 Å². The van der Waals surface area contributed by atoms with Crippen LogP contribution in [0.25, 0.3) is 0 Å². The summed E-state index contributed by atoms with van der Waals surface area (Å²) in [5.41, 5.74) is 8.86. The molecule has 2 heteroatoms. The van der Waals surface area contributed by atoms with Crippen molar-refractivity contribution in [1.29, 1.82) is 0 Å². The Morgan fingerprint density at radius 2 is 1.76 bits per heavy atom. The van der Waals surface area contributed by atoms with Crippen molar-refractivity contribution in [1.82, 2.24) is 4.90 Å². The number of hydrogen-bond donors (Lipinski definition) is 1. The van der Waals surface area contributed by atoms with E-state index in [9.17, 15) is 0 Å². The minimum absolute atomic E-state index is 0.652. The molecule has 1 saturated carbocycles. The van der Waals surface area contributed by atoms with Crippen molar-refractivity contribution in [3.63, 3.8) is 0 Å². The second-order valence-electron chi connectivity index (χ2n) is 6.74. The lowest BCUT2D eigenvalue weighted by Crippen LogP contribution is -2.44. The largest absolute Gasteiger partial charge is 0.330 e. The Kier molecular flexibility index (Phi) is 6.25. The van der Waals surface area contributed by atoms with Crippen molar-refractivity contribution in [2.24, 2.45) is 17.6 Å². The van der Waals surface area contributed by atoms with Crippen molar-refractivity contribution in [2.75, 3.05) is 13.6 Å². The fraction of sp³-hybridized carbons (Fsp3) is 0.684. The van der Waals surface area contributed by atoms with Crippen molar-refractivity contribution < 1.29 is 0 Å². The molecule has 0 amide bonds. The van der Waals surface area contributed by atoms with Crippen molar-refractivity contribution in [2.45, 2.75) is 58.5 Å². The van der Waals surface area contributed by atoms with Gasteiger partial charge in [0.25, 0.3) is 0 Å². The van der Waals surface area contributed by atoms with Crippen LogP contribution in [0.1, 0.15) is 50.7 Å². The molecule has 1 aliphatic carbocycles. The molecule has 0 heterocycles. The second kappa shape index (κ2) is 7.95. The molecule has 2 rings (SSSR count). The van der Waals surface area contributed by atoms with Gasteiger partial charge in [-0.1, -0.05) is 51.0 Å². The topological polar surface area (TPSA) is 29.3 Å². The van der Waals surface area contributed by atoms with Gasteiger partial charge in [0.05, 0.1) is 0 Å². The zero-order chi connectivity index (χ0) is 15.2. The maximum Gasteiger partial charge on any atom is 0.0233 e. The minimum Gasteiger partial charge on any atom is -0.330 e. The highest BCUT2D eigenvalue weighted by atomic mass is 15.1. The molecule has 3 atom stereocenters. The maximum atomic E-state index is 6.02. The van der Waals surface area contributed by atoms with E-state index in [0.717, 1.165) is 25.4 Å². The summed E-state index contributed by atoms with van der Waals surface area (Å²) in [5.74, 6) is 1.57. The molecule has 0 saturated heterocycles. The van der Waals surface area contributed by atoms with E-state index in [4.69, 9.17) is 5.73 Å². The van der Waals surface area contributed by atoms with Crippen LogP contribution >= 0.6 is 0 Å². The maximum absolute atomic E-state index is 6.02. The van der Waals surface area contributed by atoms with Crippen molar-refractivity contribution in [3.05, 3.63) is 35.4 Å². The van der Waals surface area contributed by atoms with E-state index in [0.29, 0.717) is 12.0 Å². The minimum atomic E-state index is 0.652. The van der Waals surface area contributed by atoms with Gasteiger partial charge >= 0.3 is 0 Å². The fourth-order valence-corrected chi connectivity index (χ4v) is 3.77. The zero-order valence-electron chi connectivity index (χ0n) is 14.0. The lowest BCUT2D eigenvalue weighted by molar-refractivity contribution is 0.0965. The van der Waals surface area contributed by atoms with Gasteiger partial charge in [-0.15, -0.1) is 0 Å². The molecular formula is C19H32N2. The first-order valence-corrected chi connectivity index (χ1v) is 8.66. The van der Waals surface area contributed by atoms with Gasteiger partial charge in [0.15, 0.2) is 0 Å². The Morgan fingerprint density at radius 3 is 2.33 bits per heavy atom. The molecule has 0 aliphatic heterocycles. The normalized spacial score (nSPS) is 26.2. The molecular weight excluding hydrogens is 256 g/mol. The summed E-state index contributed by atoms with van der Waals surface area (Å²) >= 11 is 0. The van der Waals surface area contributed by atoms with E-state index < -0.39 is 0 Å². The summed E-state index contributed by atoms with van der Waals surface area (Å²) in [6.07, 6.45) is 6.42. The summed E-state index contributed by atoms with van der Waals surface area (Å²) in [5, 5.41) is 0. The number of nitrogens with two attached hydrogens (primary N) is 1. The predicted octanol–water partition coefficient (Wildman–Crippen LogP) is 3.83. The van der Waals surface area contributed by atoms with Crippen LogP contribution in [-0.2, 0) is 13.0 Å². The SMILES string of the molecule is CCc1ccc(CN(C)C2CC(CC)CCC2CN)cc1. The standard InChI is InChI=1S/C19H32N2/c1-4-15-6-8-17(9-7-15)14-21(3)19-12-16(5-2)10-11-18(19)13-20/h6-9,16,18-19H,4-5,10-14,20H2,1-3H3. The summed E-state index contributed by atoms with van der Waals surface area (Å²) < 4.78 is 0. The van der Waals surface area contributed by atoms with Gasteiger partial charge in [-0.2, -0.15) is 0 Å². The summed E-state index contributed by atoms with van der Waals surface area (Å²) in [4.78, 5) is 2.54. The van der Waals surface area contributed by atoms with Crippen molar-refractivity contribution >= 4 is 0 Å². The molecule has 3 unspecified atom stereocenters. The average Bonchev–Trinajstić information content (AvgIpc) is 2.54.